The summed E-state index contributed by atoms with van der Waals surface area (Å²) in [7, 11) is 1.77. The van der Waals surface area contributed by atoms with Crippen molar-refractivity contribution in [2.24, 2.45) is 0 Å². The van der Waals surface area contributed by atoms with Gasteiger partial charge in [-0.1, -0.05) is 0 Å². The minimum Gasteiger partial charge on any atom is -0.394 e. The number of hydrogen-bond acceptors (Lipinski definition) is 7. The van der Waals surface area contributed by atoms with Crippen molar-refractivity contribution < 1.29 is 20.1 Å². The quantitative estimate of drug-likeness (QED) is 0.620. The van der Waals surface area contributed by atoms with Crippen LogP contribution in [0.15, 0.2) is 12.5 Å². The molecule has 0 radical (unpaired) electrons. The van der Waals surface area contributed by atoms with Crippen LogP contribution >= 0.6 is 0 Å². The van der Waals surface area contributed by atoms with E-state index in [9.17, 15) is 15.3 Å². The van der Waals surface area contributed by atoms with Crippen LogP contribution in [0.3, 0.4) is 0 Å². The molecule has 0 spiro atoms. The van der Waals surface area contributed by atoms with Gasteiger partial charge in [-0.05, 0) is 19.4 Å². The van der Waals surface area contributed by atoms with Crippen molar-refractivity contribution >= 4 is 16.9 Å². The summed E-state index contributed by atoms with van der Waals surface area (Å²) in [5.41, 5.74) is -0.0366. The summed E-state index contributed by atoms with van der Waals surface area (Å²) < 4.78 is 7.32. The molecule has 3 heterocycles. The Morgan fingerprint density at radius 3 is 2.77 bits per heavy atom. The van der Waals surface area contributed by atoms with Gasteiger partial charge in [0, 0.05) is 13.2 Å². The minimum atomic E-state index is -1.55. The van der Waals surface area contributed by atoms with Crippen molar-refractivity contribution in [2.45, 2.75) is 37.9 Å². The lowest BCUT2D eigenvalue weighted by atomic mass is 9.96. The van der Waals surface area contributed by atoms with E-state index in [1.165, 1.54) is 13.3 Å². The number of ether oxygens (including phenoxy) is 1. The van der Waals surface area contributed by atoms with E-state index in [0.717, 1.165) is 10.9 Å². The molecule has 1 aliphatic heterocycles. The number of fused-ring (bicyclic) bond motifs is 1. The normalized spacial score (nSPS) is 31.8. The zero-order valence-electron chi connectivity index (χ0n) is 12.7. The Morgan fingerprint density at radius 1 is 1.45 bits per heavy atom. The number of rotatable bonds is 3. The maximum Gasteiger partial charge on any atom is 0.167 e. The van der Waals surface area contributed by atoms with E-state index in [-0.39, 0.29) is 6.61 Å². The lowest BCUT2D eigenvalue weighted by molar-refractivity contribution is -0.0948. The van der Waals surface area contributed by atoms with Gasteiger partial charge < -0.3 is 29.9 Å². The van der Waals surface area contributed by atoms with Crippen LogP contribution in [0.5, 0.6) is 0 Å². The molecule has 22 heavy (non-hydrogen) atoms. The first-order chi connectivity index (χ1) is 10.4. The van der Waals surface area contributed by atoms with Crippen molar-refractivity contribution in [1.82, 2.24) is 14.5 Å². The fourth-order valence-corrected chi connectivity index (χ4v) is 3.03. The van der Waals surface area contributed by atoms with Crippen LogP contribution in [0.4, 0.5) is 5.82 Å². The number of aliphatic hydroxyl groups excluding tert-OH is 2. The summed E-state index contributed by atoms with van der Waals surface area (Å²) in [4.78, 5) is 8.45. The van der Waals surface area contributed by atoms with Crippen molar-refractivity contribution in [3.8, 4) is 0 Å². The van der Waals surface area contributed by atoms with E-state index in [1.807, 2.05) is 6.92 Å². The molecule has 4 N–H and O–H groups in total. The number of nitrogens with one attached hydrogen (secondary N) is 1. The van der Waals surface area contributed by atoms with E-state index in [2.05, 4.69) is 15.3 Å². The predicted octanol–water partition coefficient (Wildman–Crippen LogP) is -0.217. The van der Waals surface area contributed by atoms with Gasteiger partial charge >= 0.3 is 0 Å². The molecule has 8 heteroatoms. The van der Waals surface area contributed by atoms with E-state index in [1.54, 1.807) is 17.8 Å². The Morgan fingerprint density at radius 2 is 2.18 bits per heavy atom. The number of aromatic nitrogens is 3. The molecule has 0 aromatic carbocycles. The summed E-state index contributed by atoms with van der Waals surface area (Å²) in [6.45, 7) is 3.02. The second-order valence-electron chi connectivity index (χ2n) is 5.77. The van der Waals surface area contributed by atoms with E-state index in [0.29, 0.717) is 11.5 Å². The topological polar surface area (TPSA) is 113 Å². The second-order valence-corrected chi connectivity index (χ2v) is 5.77. The highest BCUT2D eigenvalue weighted by atomic mass is 16.6. The number of nitrogens with zero attached hydrogens (tertiary/aromatic N) is 3. The molecule has 3 rings (SSSR count). The fourth-order valence-electron chi connectivity index (χ4n) is 3.03. The molecular formula is C14H20N4O4. The van der Waals surface area contributed by atoms with E-state index in [4.69, 9.17) is 4.74 Å². The van der Waals surface area contributed by atoms with E-state index < -0.39 is 24.0 Å². The lowest BCUT2D eigenvalue weighted by Gasteiger charge is -2.27. The van der Waals surface area contributed by atoms with Crippen LogP contribution in [0, 0.1) is 6.92 Å². The maximum atomic E-state index is 10.6. The van der Waals surface area contributed by atoms with Crippen molar-refractivity contribution in [3.05, 3.63) is 18.1 Å². The first kappa shape index (κ1) is 15.2. The molecule has 120 valence electrons. The molecule has 0 bridgehead atoms. The van der Waals surface area contributed by atoms with Crippen LogP contribution in [0.25, 0.3) is 11.0 Å². The molecule has 1 aliphatic rings. The zero-order valence-corrected chi connectivity index (χ0v) is 12.7. The van der Waals surface area contributed by atoms with E-state index >= 15 is 0 Å². The minimum absolute atomic E-state index is 0.372. The highest BCUT2D eigenvalue weighted by Crippen LogP contribution is 2.40. The fraction of sp³-hybridized carbons (Fsp3) is 0.571. The van der Waals surface area contributed by atoms with Gasteiger partial charge in [0.15, 0.2) is 6.23 Å². The monoisotopic (exact) mass is 308 g/mol. The van der Waals surface area contributed by atoms with Gasteiger partial charge in [0.1, 0.15) is 35.6 Å². The van der Waals surface area contributed by atoms with Crippen molar-refractivity contribution in [1.29, 1.82) is 0 Å². The molecule has 4 atom stereocenters. The molecule has 0 saturated carbocycles. The largest absolute Gasteiger partial charge is 0.394 e. The molecule has 4 unspecified atom stereocenters. The highest BCUT2D eigenvalue weighted by Gasteiger charge is 2.53. The predicted molar refractivity (Wildman–Crippen MR) is 79.4 cm³/mol. The third-order valence-corrected chi connectivity index (χ3v) is 4.22. The molecule has 0 aliphatic carbocycles. The van der Waals surface area contributed by atoms with Gasteiger partial charge in [-0.15, -0.1) is 0 Å². The Kier molecular flexibility index (Phi) is 3.56. The maximum absolute atomic E-state index is 10.6. The second kappa shape index (κ2) is 5.17. The Hall–Kier alpha value is -1.74. The Bertz CT molecular complexity index is 699. The molecule has 2 aromatic heterocycles. The first-order valence-corrected chi connectivity index (χ1v) is 7.08. The van der Waals surface area contributed by atoms with Crippen LogP contribution in [0.1, 0.15) is 18.7 Å². The van der Waals surface area contributed by atoms with Gasteiger partial charge in [-0.25, -0.2) is 9.97 Å². The number of hydrogen-bond donors (Lipinski definition) is 4. The number of aliphatic hydroxyl groups is 3. The molecule has 8 nitrogen and oxygen atoms in total. The van der Waals surface area contributed by atoms with Gasteiger partial charge in [-0.2, -0.15) is 0 Å². The molecule has 2 aromatic rings. The summed E-state index contributed by atoms with van der Waals surface area (Å²) in [6.07, 6.45) is 0.337. The first-order valence-electron chi connectivity index (χ1n) is 7.08. The number of anilines is 1. The zero-order chi connectivity index (χ0) is 16.1. The Balaban J connectivity index is 2.15. The van der Waals surface area contributed by atoms with Crippen LogP contribution < -0.4 is 5.32 Å². The lowest BCUT2D eigenvalue weighted by Crippen LogP contribution is -2.44. The SMILES string of the molecule is CNc1ncnc2c1c(C)cn2C1OC(CO)C(O)C1(C)O. The summed E-state index contributed by atoms with van der Waals surface area (Å²) >= 11 is 0. The van der Waals surface area contributed by atoms with Gasteiger partial charge in [0.2, 0.25) is 0 Å². The van der Waals surface area contributed by atoms with Crippen LogP contribution in [-0.2, 0) is 4.74 Å². The number of aryl methyl sites for hydroxylation is 1. The third-order valence-electron chi connectivity index (χ3n) is 4.22. The van der Waals surface area contributed by atoms with Crippen molar-refractivity contribution in [3.63, 3.8) is 0 Å². The average Bonchev–Trinajstić information content (AvgIpc) is 2.95. The summed E-state index contributed by atoms with van der Waals surface area (Å²) in [5.74, 6) is 0.679. The standard InChI is InChI=1S/C14H20N4O4/c1-7-4-18(12-9(7)11(15-3)16-6-17-12)13-14(2,21)10(20)8(5-19)22-13/h4,6,8,10,13,19-21H,5H2,1-3H3,(H,15,16,17). The Labute approximate surface area is 127 Å². The third kappa shape index (κ3) is 1.99. The van der Waals surface area contributed by atoms with Crippen molar-refractivity contribution in [2.75, 3.05) is 19.0 Å². The molecule has 1 fully saturated rings. The molecule has 0 amide bonds. The smallest absolute Gasteiger partial charge is 0.167 e. The molecule has 1 saturated heterocycles. The van der Waals surface area contributed by atoms with Gasteiger partial charge in [0.05, 0.1) is 12.0 Å². The van der Waals surface area contributed by atoms with Gasteiger partial charge in [-0.3, -0.25) is 0 Å². The van der Waals surface area contributed by atoms with Crippen LogP contribution in [-0.4, -0.2) is 61.3 Å². The highest BCUT2D eigenvalue weighted by molar-refractivity contribution is 5.90. The van der Waals surface area contributed by atoms with Gasteiger partial charge in [0.25, 0.3) is 0 Å². The summed E-state index contributed by atoms with van der Waals surface area (Å²) in [6, 6.07) is 0. The summed E-state index contributed by atoms with van der Waals surface area (Å²) in [5, 5.41) is 33.9. The average molecular weight is 308 g/mol. The molecular weight excluding hydrogens is 288 g/mol. The van der Waals surface area contributed by atoms with Crippen LogP contribution in [0.2, 0.25) is 0 Å².